The zero-order valence-corrected chi connectivity index (χ0v) is 14.6. The number of nitrogens with one attached hydrogen (secondary N) is 1. The summed E-state index contributed by atoms with van der Waals surface area (Å²) >= 11 is 0. The summed E-state index contributed by atoms with van der Waals surface area (Å²) < 4.78 is 0. The Balaban J connectivity index is 1.46. The Hall–Kier alpha value is -2.79. The molecule has 3 heterocycles. The number of likely N-dealkylation sites (tertiary alicyclic amines) is 1. The van der Waals surface area contributed by atoms with Crippen LogP contribution in [0.15, 0.2) is 65.7 Å². The topological polar surface area (TPSA) is 61.9 Å². The highest BCUT2D eigenvalue weighted by atomic mass is 16.1. The molecule has 26 heavy (non-hydrogen) atoms. The van der Waals surface area contributed by atoms with Crippen LogP contribution in [0.1, 0.15) is 30.0 Å². The fourth-order valence-corrected chi connectivity index (χ4v) is 3.55. The van der Waals surface area contributed by atoms with E-state index in [9.17, 15) is 4.79 Å². The van der Waals surface area contributed by atoms with Crippen molar-refractivity contribution >= 4 is 0 Å². The Morgan fingerprint density at radius 1 is 1.08 bits per heavy atom. The first-order valence-electron chi connectivity index (χ1n) is 9.06. The number of nitrogens with zero attached hydrogens (tertiary/aromatic N) is 3. The summed E-state index contributed by atoms with van der Waals surface area (Å²) in [5.74, 6) is 0.937. The molecule has 2 aromatic heterocycles. The third-order valence-corrected chi connectivity index (χ3v) is 4.95. The van der Waals surface area contributed by atoms with Crippen LogP contribution < -0.4 is 5.56 Å². The quantitative estimate of drug-likeness (QED) is 0.788. The lowest BCUT2D eigenvalue weighted by Crippen LogP contribution is -2.33. The van der Waals surface area contributed by atoms with E-state index in [1.54, 1.807) is 18.5 Å². The molecule has 0 aliphatic carbocycles. The fourth-order valence-electron chi connectivity index (χ4n) is 3.55. The van der Waals surface area contributed by atoms with Gasteiger partial charge >= 0.3 is 0 Å². The van der Waals surface area contributed by atoms with Gasteiger partial charge in [0.05, 0.1) is 5.69 Å². The molecule has 5 nitrogen and oxygen atoms in total. The molecule has 1 aliphatic rings. The number of pyridine rings is 1. The van der Waals surface area contributed by atoms with Crippen molar-refractivity contribution in [1.29, 1.82) is 0 Å². The number of rotatable bonds is 4. The molecule has 132 valence electrons. The van der Waals surface area contributed by atoms with Crippen molar-refractivity contribution < 1.29 is 0 Å². The van der Waals surface area contributed by atoms with Gasteiger partial charge in [-0.1, -0.05) is 30.3 Å². The molecule has 1 saturated heterocycles. The second-order valence-corrected chi connectivity index (χ2v) is 6.80. The number of H-pyrrole nitrogens is 1. The van der Waals surface area contributed by atoms with E-state index in [0.717, 1.165) is 43.7 Å². The monoisotopic (exact) mass is 346 g/mol. The number of benzene rings is 1. The third kappa shape index (κ3) is 3.89. The Morgan fingerprint density at radius 3 is 2.62 bits per heavy atom. The summed E-state index contributed by atoms with van der Waals surface area (Å²) in [6.07, 6.45) is 5.49. The van der Waals surface area contributed by atoms with E-state index in [-0.39, 0.29) is 5.56 Å². The molecular weight excluding hydrogens is 324 g/mol. The molecule has 1 N–H and O–H groups in total. The van der Waals surface area contributed by atoms with Gasteiger partial charge in [0.2, 0.25) is 0 Å². The summed E-state index contributed by atoms with van der Waals surface area (Å²) in [6.45, 7) is 3.03. The third-order valence-electron chi connectivity index (χ3n) is 4.95. The number of hydrogen-bond acceptors (Lipinski definition) is 4. The number of aromatic nitrogens is 3. The molecule has 0 spiro atoms. The predicted octanol–water partition coefficient (Wildman–Crippen LogP) is 3.21. The fraction of sp³-hybridized carbons (Fsp3) is 0.286. The Labute approximate surface area is 152 Å². The first-order valence-corrected chi connectivity index (χ1v) is 9.06. The van der Waals surface area contributed by atoms with Crippen LogP contribution in [0.25, 0.3) is 11.4 Å². The van der Waals surface area contributed by atoms with E-state index in [1.807, 2.05) is 18.2 Å². The molecule has 0 amide bonds. The number of hydrogen-bond donors (Lipinski definition) is 1. The van der Waals surface area contributed by atoms with Gasteiger partial charge in [0.25, 0.3) is 5.56 Å². The molecule has 0 bridgehead atoms. The molecule has 1 aromatic carbocycles. The molecule has 5 heteroatoms. The lowest BCUT2D eigenvalue weighted by Gasteiger charge is -2.31. The second kappa shape index (κ2) is 7.62. The molecule has 4 rings (SSSR count). The molecule has 0 radical (unpaired) electrons. The first-order chi connectivity index (χ1) is 12.8. The van der Waals surface area contributed by atoms with Gasteiger partial charge in [-0.25, -0.2) is 4.98 Å². The smallest absolute Gasteiger partial charge is 0.251 e. The summed E-state index contributed by atoms with van der Waals surface area (Å²) in [4.78, 5) is 26.2. The normalized spacial score (nSPS) is 15.8. The van der Waals surface area contributed by atoms with Crippen molar-refractivity contribution in [2.75, 3.05) is 13.1 Å². The van der Waals surface area contributed by atoms with Crippen LogP contribution in [-0.4, -0.2) is 32.9 Å². The van der Waals surface area contributed by atoms with Gasteiger partial charge in [0.1, 0.15) is 5.82 Å². The molecule has 0 saturated carbocycles. The van der Waals surface area contributed by atoms with E-state index in [2.05, 4.69) is 39.1 Å². The molecular formula is C21H22N4O. The zero-order chi connectivity index (χ0) is 17.8. The van der Waals surface area contributed by atoms with E-state index in [1.165, 1.54) is 5.56 Å². The standard InChI is InChI=1S/C21H22N4O/c26-20-13-19(23-21(24-20)18-7-4-10-22-14-18)17-8-11-25(12-9-17)15-16-5-2-1-3-6-16/h1-7,10,13-14,17H,8-9,11-12,15H2,(H,23,24,26). The summed E-state index contributed by atoms with van der Waals surface area (Å²) in [5, 5.41) is 0. The average molecular weight is 346 g/mol. The van der Waals surface area contributed by atoms with Gasteiger partial charge in [0, 0.05) is 36.5 Å². The lowest BCUT2D eigenvalue weighted by atomic mass is 9.93. The summed E-state index contributed by atoms with van der Waals surface area (Å²) in [5.41, 5.74) is 2.99. The summed E-state index contributed by atoms with van der Waals surface area (Å²) in [6, 6.07) is 16.0. The minimum atomic E-state index is -0.0967. The van der Waals surface area contributed by atoms with Crippen LogP contribution >= 0.6 is 0 Å². The SMILES string of the molecule is O=c1cc(C2CCN(Cc3ccccc3)CC2)nc(-c2cccnc2)[nH]1. The number of aromatic amines is 1. The van der Waals surface area contributed by atoms with E-state index in [4.69, 9.17) is 4.98 Å². The minimum absolute atomic E-state index is 0.0967. The highest BCUT2D eigenvalue weighted by Crippen LogP contribution is 2.27. The van der Waals surface area contributed by atoms with Crippen molar-refractivity contribution in [2.24, 2.45) is 0 Å². The highest BCUT2D eigenvalue weighted by Gasteiger charge is 2.22. The van der Waals surface area contributed by atoms with Crippen LogP contribution in [0.2, 0.25) is 0 Å². The van der Waals surface area contributed by atoms with Crippen molar-refractivity contribution in [1.82, 2.24) is 19.9 Å². The summed E-state index contributed by atoms with van der Waals surface area (Å²) in [7, 11) is 0. The minimum Gasteiger partial charge on any atom is -0.306 e. The van der Waals surface area contributed by atoms with Gasteiger partial charge < -0.3 is 4.98 Å². The average Bonchev–Trinajstić information content (AvgIpc) is 2.70. The molecule has 0 atom stereocenters. The maximum absolute atomic E-state index is 12.1. The van der Waals surface area contributed by atoms with Crippen molar-refractivity contribution in [3.8, 4) is 11.4 Å². The lowest BCUT2D eigenvalue weighted by molar-refractivity contribution is 0.203. The largest absolute Gasteiger partial charge is 0.306 e. The van der Waals surface area contributed by atoms with Gasteiger partial charge in [0.15, 0.2) is 0 Å². The van der Waals surface area contributed by atoms with E-state index in [0.29, 0.717) is 11.7 Å². The molecule has 0 unspecified atom stereocenters. The predicted molar refractivity (Wildman–Crippen MR) is 102 cm³/mol. The van der Waals surface area contributed by atoms with E-state index >= 15 is 0 Å². The van der Waals surface area contributed by atoms with Gasteiger partial charge in [-0.05, 0) is 43.6 Å². The van der Waals surface area contributed by atoms with E-state index < -0.39 is 0 Å². The molecule has 3 aromatic rings. The highest BCUT2D eigenvalue weighted by molar-refractivity contribution is 5.52. The second-order valence-electron chi connectivity index (χ2n) is 6.80. The Morgan fingerprint density at radius 2 is 1.88 bits per heavy atom. The van der Waals surface area contributed by atoms with Crippen LogP contribution in [0.4, 0.5) is 0 Å². The van der Waals surface area contributed by atoms with Gasteiger partial charge in [-0.2, -0.15) is 0 Å². The molecule has 1 fully saturated rings. The van der Waals surface area contributed by atoms with Crippen molar-refractivity contribution in [3.63, 3.8) is 0 Å². The maximum atomic E-state index is 12.1. The Kier molecular flexibility index (Phi) is 4.88. The number of piperidine rings is 1. The van der Waals surface area contributed by atoms with Crippen molar-refractivity contribution in [2.45, 2.75) is 25.3 Å². The zero-order valence-electron chi connectivity index (χ0n) is 14.6. The van der Waals surface area contributed by atoms with Crippen LogP contribution in [0.5, 0.6) is 0 Å². The van der Waals surface area contributed by atoms with Gasteiger partial charge in [-0.15, -0.1) is 0 Å². The van der Waals surface area contributed by atoms with Crippen LogP contribution in [0.3, 0.4) is 0 Å². The van der Waals surface area contributed by atoms with Crippen molar-refractivity contribution in [3.05, 3.63) is 82.5 Å². The van der Waals surface area contributed by atoms with Crippen LogP contribution in [-0.2, 0) is 6.54 Å². The maximum Gasteiger partial charge on any atom is 0.251 e. The first kappa shape index (κ1) is 16.7. The van der Waals surface area contributed by atoms with Gasteiger partial charge in [-0.3, -0.25) is 14.7 Å². The molecule has 1 aliphatic heterocycles. The Bertz CT molecular complexity index is 900. The van der Waals surface area contributed by atoms with Crippen LogP contribution in [0, 0.1) is 0 Å².